The monoisotopic (exact) mass is 308 g/mol. The predicted octanol–water partition coefficient (Wildman–Crippen LogP) is 0.589. The van der Waals surface area contributed by atoms with Crippen molar-refractivity contribution in [3.05, 3.63) is 24.3 Å². The van der Waals surface area contributed by atoms with E-state index in [1.54, 1.807) is 4.90 Å². The van der Waals surface area contributed by atoms with Gasteiger partial charge in [0.2, 0.25) is 11.8 Å². The summed E-state index contributed by atoms with van der Waals surface area (Å²) in [5.41, 5.74) is 8.71. The largest absolute Gasteiger partial charge is 0.398 e. The standard InChI is InChI=1S/C14H20N4O2S/c15-11-3-1-2-4-12(11)21-9-13(19)18-7-5-10(6-8-18)14(20)17-16/h1-4,10H,5-9,15-16H2,(H,17,20). The number of likely N-dealkylation sites (tertiary alicyclic amines) is 1. The SMILES string of the molecule is NNC(=O)C1CCN(C(=O)CSc2ccccc2N)CC1. The summed E-state index contributed by atoms with van der Waals surface area (Å²) in [4.78, 5) is 26.3. The van der Waals surface area contributed by atoms with E-state index in [-0.39, 0.29) is 17.7 Å². The van der Waals surface area contributed by atoms with E-state index >= 15 is 0 Å². The van der Waals surface area contributed by atoms with Crippen LogP contribution in [0.15, 0.2) is 29.2 Å². The third kappa shape index (κ3) is 4.12. The second kappa shape index (κ2) is 7.33. The third-order valence-corrected chi connectivity index (χ3v) is 4.70. The predicted molar refractivity (Wildman–Crippen MR) is 83.2 cm³/mol. The Morgan fingerprint density at radius 2 is 1.95 bits per heavy atom. The first-order valence-electron chi connectivity index (χ1n) is 6.87. The van der Waals surface area contributed by atoms with Crippen LogP contribution in [0.1, 0.15) is 12.8 Å². The number of carbonyl (C=O) groups excluding carboxylic acids is 2. The highest BCUT2D eigenvalue weighted by molar-refractivity contribution is 8.00. The summed E-state index contributed by atoms with van der Waals surface area (Å²) in [6.45, 7) is 1.20. The molecule has 0 aliphatic carbocycles. The average molecular weight is 308 g/mol. The molecule has 0 aromatic heterocycles. The minimum absolute atomic E-state index is 0.0786. The topological polar surface area (TPSA) is 101 Å². The van der Waals surface area contributed by atoms with Crippen LogP contribution in [0, 0.1) is 5.92 Å². The molecule has 1 aromatic rings. The van der Waals surface area contributed by atoms with E-state index in [2.05, 4.69) is 5.43 Å². The van der Waals surface area contributed by atoms with E-state index in [4.69, 9.17) is 11.6 Å². The Labute approximate surface area is 128 Å². The lowest BCUT2D eigenvalue weighted by Gasteiger charge is -2.31. The van der Waals surface area contributed by atoms with Crippen LogP contribution >= 0.6 is 11.8 Å². The Bertz CT molecular complexity index is 515. The number of amides is 2. The number of hydrogen-bond acceptors (Lipinski definition) is 5. The zero-order chi connectivity index (χ0) is 15.2. The molecule has 0 spiro atoms. The molecule has 5 N–H and O–H groups in total. The third-order valence-electron chi connectivity index (χ3n) is 3.63. The van der Waals surface area contributed by atoms with Crippen LogP contribution in [0.25, 0.3) is 0 Å². The van der Waals surface area contributed by atoms with Crippen LogP contribution in [0.5, 0.6) is 0 Å². The Balaban J connectivity index is 1.80. The molecule has 0 unspecified atom stereocenters. The Kier molecular flexibility index (Phi) is 5.46. The van der Waals surface area contributed by atoms with Gasteiger partial charge in [0.15, 0.2) is 0 Å². The molecule has 6 nitrogen and oxygen atoms in total. The maximum atomic E-state index is 12.2. The number of hydrazine groups is 1. The molecule has 0 atom stereocenters. The number of nitrogen functional groups attached to an aromatic ring is 1. The van der Waals surface area contributed by atoms with Gasteiger partial charge in [0.05, 0.1) is 5.75 Å². The minimum atomic E-state index is -0.145. The molecule has 21 heavy (non-hydrogen) atoms. The van der Waals surface area contributed by atoms with Crippen molar-refractivity contribution in [2.75, 3.05) is 24.6 Å². The number of hydrogen-bond donors (Lipinski definition) is 3. The molecule has 1 aliphatic heterocycles. The summed E-state index contributed by atoms with van der Waals surface area (Å²) in [7, 11) is 0. The van der Waals surface area contributed by atoms with Gasteiger partial charge in [0.25, 0.3) is 0 Å². The summed E-state index contributed by atoms with van der Waals surface area (Å²) in [6, 6.07) is 7.50. The zero-order valence-corrected chi connectivity index (χ0v) is 12.6. The van der Waals surface area contributed by atoms with E-state index in [1.807, 2.05) is 24.3 Å². The summed E-state index contributed by atoms with van der Waals surface area (Å²) in [6.07, 6.45) is 1.32. The van der Waals surface area contributed by atoms with E-state index < -0.39 is 0 Å². The van der Waals surface area contributed by atoms with Gasteiger partial charge in [-0.25, -0.2) is 5.84 Å². The normalized spacial score (nSPS) is 15.8. The molecule has 1 aliphatic rings. The number of rotatable bonds is 4. The lowest BCUT2D eigenvalue weighted by molar-refractivity contribution is -0.133. The first kappa shape index (κ1) is 15.7. The fourth-order valence-corrected chi connectivity index (χ4v) is 3.22. The molecule has 0 radical (unpaired) electrons. The van der Waals surface area contributed by atoms with Gasteiger partial charge in [-0.2, -0.15) is 0 Å². The van der Waals surface area contributed by atoms with E-state index in [0.29, 0.717) is 37.4 Å². The number of nitrogens with one attached hydrogen (secondary N) is 1. The summed E-state index contributed by atoms with van der Waals surface area (Å²) in [5, 5.41) is 0. The van der Waals surface area contributed by atoms with Crippen LogP contribution in [0.3, 0.4) is 0 Å². The summed E-state index contributed by atoms with van der Waals surface area (Å²) >= 11 is 1.44. The number of nitrogens with zero attached hydrogens (tertiary/aromatic N) is 1. The van der Waals surface area contributed by atoms with Crippen molar-refractivity contribution in [3.8, 4) is 0 Å². The van der Waals surface area contributed by atoms with Crippen molar-refractivity contribution in [1.82, 2.24) is 10.3 Å². The maximum Gasteiger partial charge on any atom is 0.237 e. The van der Waals surface area contributed by atoms with E-state index in [1.165, 1.54) is 11.8 Å². The van der Waals surface area contributed by atoms with Crippen LogP contribution in [-0.2, 0) is 9.59 Å². The molecule has 114 valence electrons. The molecule has 7 heteroatoms. The van der Waals surface area contributed by atoms with Crippen LogP contribution in [-0.4, -0.2) is 35.6 Å². The number of carbonyl (C=O) groups is 2. The fourth-order valence-electron chi connectivity index (χ4n) is 2.35. The quantitative estimate of drug-likeness (QED) is 0.248. The molecule has 0 saturated carbocycles. The second-order valence-electron chi connectivity index (χ2n) is 4.99. The number of para-hydroxylation sites is 1. The second-order valence-corrected chi connectivity index (χ2v) is 6.01. The Morgan fingerprint density at radius 3 is 2.57 bits per heavy atom. The van der Waals surface area contributed by atoms with E-state index in [9.17, 15) is 9.59 Å². The maximum absolute atomic E-state index is 12.2. The van der Waals surface area contributed by atoms with Gasteiger partial charge in [-0.1, -0.05) is 12.1 Å². The first-order valence-corrected chi connectivity index (χ1v) is 7.86. The highest BCUT2D eigenvalue weighted by Gasteiger charge is 2.26. The minimum Gasteiger partial charge on any atom is -0.398 e. The highest BCUT2D eigenvalue weighted by Crippen LogP contribution is 2.25. The van der Waals surface area contributed by atoms with Crippen LogP contribution < -0.4 is 17.0 Å². The molecule has 0 bridgehead atoms. The summed E-state index contributed by atoms with van der Waals surface area (Å²) < 4.78 is 0. The van der Waals surface area contributed by atoms with Gasteiger partial charge >= 0.3 is 0 Å². The van der Waals surface area contributed by atoms with Crippen molar-refractivity contribution in [2.45, 2.75) is 17.7 Å². The van der Waals surface area contributed by atoms with E-state index in [0.717, 1.165) is 4.90 Å². The average Bonchev–Trinajstić information content (AvgIpc) is 2.53. The lowest BCUT2D eigenvalue weighted by Crippen LogP contribution is -2.45. The first-order chi connectivity index (χ1) is 10.1. The molecule has 1 saturated heterocycles. The summed E-state index contributed by atoms with van der Waals surface area (Å²) in [5.74, 6) is 5.34. The molecule has 1 aromatic carbocycles. The molecule has 2 amide bonds. The Morgan fingerprint density at radius 1 is 1.29 bits per heavy atom. The number of piperidine rings is 1. The van der Waals surface area contributed by atoms with Gasteiger partial charge in [0.1, 0.15) is 0 Å². The Hall–Kier alpha value is -1.73. The molecule has 2 rings (SSSR count). The van der Waals surface area contributed by atoms with Crippen molar-refractivity contribution < 1.29 is 9.59 Å². The number of benzene rings is 1. The molecular weight excluding hydrogens is 288 g/mol. The number of thioether (sulfide) groups is 1. The van der Waals surface area contributed by atoms with Crippen molar-refractivity contribution in [3.63, 3.8) is 0 Å². The van der Waals surface area contributed by atoms with Crippen LogP contribution in [0.4, 0.5) is 5.69 Å². The highest BCUT2D eigenvalue weighted by atomic mass is 32.2. The van der Waals surface area contributed by atoms with Gasteiger partial charge in [0, 0.05) is 29.6 Å². The van der Waals surface area contributed by atoms with Gasteiger partial charge < -0.3 is 10.6 Å². The molecule has 1 heterocycles. The van der Waals surface area contributed by atoms with Crippen molar-refractivity contribution in [2.24, 2.45) is 11.8 Å². The van der Waals surface area contributed by atoms with Crippen LogP contribution in [0.2, 0.25) is 0 Å². The lowest BCUT2D eigenvalue weighted by atomic mass is 9.96. The number of anilines is 1. The van der Waals surface area contributed by atoms with Gasteiger partial charge in [-0.05, 0) is 25.0 Å². The number of nitrogens with two attached hydrogens (primary N) is 2. The molecular formula is C14H20N4O2S. The smallest absolute Gasteiger partial charge is 0.237 e. The van der Waals surface area contributed by atoms with Gasteiger partial charge in [-0.3, -0.25) is 15.0 Å². The fraction of sp³-hybridized carbons (Fsp3) is 0.429. The molecule has 1 fully saturated rings. The van der Waals surface area contributed by atoms with Crippen molar-refractivity contribution in [1.29, 1.82) is 0 Å². The van der Waals surface area contributed by atoms with Crippen molar-refractivity contribution >= 4 is 29.3 Å². The van der Waals surface area contributed by atoms with Gasteiger partial charge in [-0.15, -0.1) is 11.8 Å². The zero-order valence-electron chi connectivity index (χ0n) is 11.7.